The van der Waals surface area contributed by atoms with Crippen molar-refractivity contribution in [2.45, 2.75) is 25.4 Å². The average Bonchev–Trinajstić information content (AvgIpc) is 3.47. The fourth-order valence-corrected chi connectivity index (χ4v) is 3.15. The lowest BCUT2D eigenvalue weighted by atomic mass is 10.2. The van der Waals surface area contributed by atoms with Crippen molar-refractivity contribution in [1.82, 2.24) is 14.7 Å². The molecule has 1 aliphatic carbocycles. The predicted molar refractivity (Wildman–Crippen MR) is 106 cm³/mol. The molecule has 1 aliphatic rings. The predicted octanol–water partition coefficient (Wildman–Crippen LogP) is 3.59. The van der Waals surface area contributed by atoms with Gasteiger partial charge in [-0.05, 0) is 42.7 Å². The van der Waals surface area contributed by atoms with Gasteiger partial charge in [0.1, 0.15) is 5.75 Å². The molecule has 8 nitrogen and oxygen atoms in total. The molecular formula is C21H20N4O4. The Morgan fingerprint density at radius 1 is 1.21 bits per heavy atom. The second-order valence-electron chi connectivity index (χ2n) is 6.96. The summed E-state index contributed by atoms with van der Waals surface area (Å²) in [5, 5.41) is 15.1. The van der Waals surface area contributed by atoms with E-state index in [-0.39, 0.29) is 17.6 Å². The van der Waals surface area contributed by atoms with E-state index in [0.29, 0.717) is 17.8 Å². The highest BCUT2D eigenvalue weighted by Gasteiger charge is 2.33. The van der Waals surface area contributed by atoms with Crippen LogP contribution in [0.25, 0.3) is 5.69 Å². The van der Waals surface area contributed by atoms with Crippen LogP contribution < -0.4 is 4.74 Å². The molecule has 0 N–H and O–H groups in total. The van der Waals surface area contributed by atoms with Gasteiger partial charge in [0.2, 0.25) is 0 Å². The van der Waals surface area contributed by atoms with Crippen molar-refractivity contribution in [2.75, 3.05) is 7.11 Å². The van der Waals surface area contributed by atoms with Crippen molar-refractivity contribution in [2.24, 2.45) is 0 Å². The summed E-state index contributed by atoms with van der Waals surface area (Å²) in [6, 6.07) is 14.0. The van der Waals surface area contributed by atoms with Crippen LogP contribution in [0, 0.1) is 10.1 Å². The fraction of sp³-hybridized carbons (Fsp3) is 0.238. The number of hydrogen-bond donors (Lipinski definition) is 0. The number of amides is 1. The number of aromatic nitrogens is 2. The number of nitro benzene ring substituents is 1. The van der Waals surface area contributed by atoms with E-state index in [9.17, 15) is 14.9 Å². The molecule has 3 aromatic rings. The minimum Gasteiger partial charge on any atom is -0.497 e. The SMILES string of the molecule is COc1ccc(CN(C(=O)c2cnn(-c3ccc([N+](=O)[O-])cc3)c2)C2CC2)cc1. The van der Waals surface area contributed by atoms with Crippen molar-refractivity contribution in [3.8, 4) is 11.4 Å². The topological polar surface area (TPSA) is 90.5 Å². The number of hydrogen-bond acceptors (Lipinski definition) is 5. The van der Waals surface area contributed by atoms with Gasteiger partial charge in [-0.1, -0.05) is 12.1 Å². The molecule has 0 unspecified atom stereocenters. The second kappa shape index (κ2) is 7.75. The van der Waals surface area contributed by atoms with Gasteiger partial charge >= 0.3 is 0 Å². The molecule has 0 radical (unpaired) electrons. The third-order valence-electron chi connectivity index (χ3n) is 4.92. The zero-order valence-corrected chi connectivity index (χ0v) is 15.9. The monoisotopic (exact) mass is 392 g/mol. The van der Waals surface area contributed by atoms with Crippen molar-refractivity contribution in [3.63, 3.8) is 0 Å². The fourth-order valence-electron chi connectivity index (χ4n) is 3.15. The van der Waals surface area contributed by atoms with E-state index >= 15 is 0 Å². The van der Waals surface area contributed by atoms with E-state index < -0.39 is 4.92 Å². The molecule has 4 rings (SSSR count). The maximum absolute atomic E-state index is 13.1. The first-order valence-electron chi connectivity index (χ1n) is 9.28. The van der Waals surface area contributed by atoms with E-state index in [1.807, 2.05) is 29.2 Å². The lowest BCUT2D eigenvalue weighted by Crippen LogP contribution is -2.32. The van der Waals surface area contributed by atoms with Gasteiger partial charge in [-0.3, -0.25) is 14.9 Å². The first kappa shape index (κ1) is 18.7. The number of benzene rings is 2. The Balaban J connectivity index is 1.52. The highest BCUT2D eigenvalue weighted by Crippen LogP contribution is 2.30. The molecule has 1 heterocycles. The van der Waals surface area contributed by atoms with Gasteiger partial charge in [-0.15, -0.1) is 0 Å². The van der Waals surface area contributed by atoms with Crippen LogP contribution in [0.15, 0.2) is 60.9 Å². The Bertz CT molecular complexity index is 1020. The summed E-state index contributed by atoms with van der Waals surface area (Å²) in [5.74, 6) is 0.707. The van der Waals surface area contributed by atoms with Crippen LogP contribution in [-0.4, -0.2) is 38.7 Å². The van der Waals surface area contributed by atoms with Crippen molar-refractivity contribution < 1.29 is 14.5 Å². The van der Waals surface area contributed by atoms with E-state index in [4.69, 9.17) is 4.74 Å². The Labute approximate surface area is 167 Å². The van der Waals surface area contributed by atoms with Gasteiger partial charge < -0.3 is 9.64 Å². The number of carbonyl (C=O) groups is 1. The Morgan fingerprint density at radius 3 is 2.48 bits per heavy atom. The molecule has 0 aliphatic heterocycles. The van der Waals surface area contributed by atoms with Gasteiger partial charge in [0.25, 0.3) is 11.6 Å². The van der Waals surface area contributed by atoms with Gasteiger partial charge in [0, 0.05) is 30.9 Å². The van der Waals surface area contributed by atoms with E-state index in [0.717, 1.165) is 24.2 Å². The first-order valence-corrected chi connectivity index (χ1v) is 9.28. The molecule has 8 heteroatoms. The second-order valence-corrected chi connectivity index (χ2v) is 6.96. The first-order chi connectivity index (χ1) is 14.0. The number of carbonyl (C=O) groups excluding carboxylic acids is 1. The summed E-state index contributed by atoms with van der Waals surface area (Å²) in [6.07, 6.45) is 5.19. The highest BCUT2D eigenvalue weighted by atomic mass is 16.6. The lowest BCUT2D eigenvalue weighted by Gasteiger charge is -2.22. The van der Waals surface area contributed by atoms with Crippen molar-refractivity contribution in [1.29, 1.82) is 0 Å². The minimum absolute atomic E-state index is 0.0107. The number of ether oxygens (including phenoxy) is 1. The summed E-state index contributed by atoms with van der Waals surface area (Å²) in [7, 11) is 1.62. The quantitative estimate of drug-likeness (QED) is 0.453. The smallest absolute Gasteiger partial charge is 0.269 e. The Kier molecular flexibility index (Phi) is 4.99. The molecule has 0 atom stereocenters. The van der Waals surface area contributed by atoms with Gasteiger partial charge in [0.15, 0.2) is 0 Å². The van der Waals surface area contributed by atoms with Gasteiger partial charge in [-0.2, -0.15) is 5.10 Å². The summed E-state index contributed by atoms with van der Waals surface area (Å²) in [4.78, 5) is 25.3. The zero-order chi connectivity index (χ0) is 20.4. The third kappa shape index (κ3) is 4.11. The molecular weight excluding hydrogens is 372 g/mol. The number of rotatable bonds is 7. The molecule has 0 spiro atoms. The highest BCUT2D eigenvalue weighted by molar-refractivity contribution is 5.94. The molecule has 0 bridgehead atoms. The van der Waals surface area contributed by atoms with E-state index in [2.05, 4.69) is 5.10 Å². The Hall–Kier alpha value is -3.68. The van der Waals surface area contributed by atoms with E-state index in [1.54, 1.807) is 30.1 Å². The van der Waals surface area contributed by atoms with Crippen LogP contribution in [-0.2, 0) is 6.54 Å². The number of nitrogens with zero attached hydrogens (tertiary/aromatic N) is 4. The Morgan fingerprint density at radius 2 is 1.90 bits per heavy atom. The summed E-state index contributed by atoms with van der Waals surface area (Å²) in [6.45, 7) is 0.524. The third-order valence-corrected chi connectivity index (χ3v) is 4.92. The van der Waals surface area contributed by atoms with E-state index in [1.165, 1.54) is 18.3 Å². The normalized spacial score (nSPS) is 13.1. The number of non-ortho nitro benzene ring substituents is 1. The van der Waals surface area contributed by atoms with Gasteiger partial charge in [0.05, 0.1) is 29.5 Å². The molecule has 29 heavy (non-hydrogen) atoms. The van der Waals surface area contributed by atoms with Crippen LogP contribution >= 0.6 is 0 Å². The molecule has 2 aromatic carbocycles. The number of nitro groups is 1. The lowest BCUT2D eigenvalue weighted by molar-refractivity contribution is -0.384. The molecule has 1 fully saturated rings. The molecule has 1 saturated carbocycles. The van der Waals surface area contributed by atoms with Crippen LogP contribution in [0.1, 0.15) is 28.8 Å². The maximum Gasteiger partial charge on any atom is 0.269 e. The molecule has 1 aromatic heterocycles. The maximum atomic E-state index is 13.1. The molecule has 1 amide bonds. The summed E-state index contributed by atoms with van der Waals surface area (Å²) >= 11 is 0. The summed E-state index contributed by atoms with van der Waals surface area (Å²) < 4.78 is 6.74. The van der Waals surface area contributed by atoms with Crippen LogP contribution in [0.2, 0.25) is 0 Å². The van der Waals surface area contributed by atoms with Crippen molar-refractivity contribution in [3.05, 3.63) is 82.2 Å². The molecule has 148 valence electrons. The molecule has 0 saturated heterocycles. The average molecular weight is 392 g/mol. The standard InChI is InChI=1S/C21H20N4O4/c1-29-20-10-2-15(3-11-20)13-23(17-4-5-17)21(26)16-12-22-24(14-16)18-6-8-19(9-7-18)25(27)28/h2-3,6-12,14,17H,4-5,13H2,1H3. The van der Waals surface area contributed by atoms with Crippen LogP contribution in [0.5, 0.6) is 5.75 Å². The zero-order valence-electron chi connectivity index (χ0n) is 15.9. The van der Waals surface area contributed by atoms with Gasteiger partial charge in [-0.25, -0.2) is 4.68 Å². The van der Waals surface area contributed by atoms with Crippen molar-refractivity contribution >= 4 is 11.6 Å². The number of methoxy groups -OCH3 is 1. The van der Waals surface area contributed by atoms with Crippen LogP contribution in [0.3, 0.4) is 0 Å². The minimum atomic E-state index is -0.450. The van der Waals surface area contributed by atoms with Crippen LogP contribution in [0.4, 0.5) is 5.69 Å². The largest absolute Gasteiger partial charge is 0.497 e. The summed E-state index contributed by atoms with van der Waals surface area (Å²) in [5.41, 5.74) is 2.19.